The van der Waals surface area contributed by atoms with Crippen molar-refractivity contribution < 1.29 is 25.5 Å². The van der Waals surface area contributed by atoms with Gasteiger partial charge in [0, 0.05) is 0 Å². The lowest BCUT2D eigenvalue weighted by atomic mass is 9.95. The van der Waals surface area contributed by atoms with Crippen molar-refractivity contribution in [2.24, 2.45) is 0 Å². The minimum absolute atomic E-state index is 0.284. The molecule has 10 heteroatoms. The highest BCUT2D eigenvalue weighted by Crippen LogP contribution is 2.24. The molecule has 3 rings (SSSR count). The van der Waals surface area contributed by atoms with E-state index in [2.05, 4.69) is 0 Å². The van der Waals surface area contributed by atoms with E-state index in [1.54, 1.807) is 18.2 Å². The highest BCUT2D eigenvalue weighted by molar-refractivity contribution is 5.30. The summed E-state index contributed by atoms with van der Waals surface area (Å²) in [7, 11) is 0. The molecular formula is C15H19N3O7. The SMILES string of the molecule is O=c1n(-c2ccccc2)c(=O)n2n1C[C@H](O)[C@@H](O)[C@H]2[C@H](O)[C@H](O)CO. The van der Waals surface area contributed by atoms with Gasteiger partial charge in [0.15, 0.2) is 0 Å². The number of fused-ring (bicyclic) bond motifs is 1. The van der Waals surface area contributed by atoms with Crippen molar-refractivity contribution in [1.82, 2.24) is 13.9 Å². The number of nitrogens with zero attached hydrogens (tertiary/aromatic N) is 3. The fourth-order valence-corrected chi connectivity index (χ4v) is 3.09. The van der Waals surface area contributed by atoms with Gasteiger partial charge in [0.05, 0.1) is 18.8 Å². The van der Waals surface area contributed by atoms with Gasteiger partial charge in [-0.15, -0.1) is 0 Å². The third-order valence-electron chi connectivity index (χ3n) is 4.39. The summed E-state index contributed by atoms with van der Waals surface area (Å²) in [5.74, 6) is 0. The maximum absolute atomic E-state index is 12.8. The van der Waals surface area contributed by atoms with Crippen LogP contribution in [0.25, 0.3) is 5.69 Å². The van der Waals surface area contributed by atoms with Crippen molar-refractivity contribution in [1.29, 1.82) is 0 Å². The van der Waals surface area contributed by atoms with Gasteiger partial charge < -0.3 is 25.5 Å². The summed E-state index contributed by atoms with van der Waals surface area (Å²) in [6.45, 7) is -1.17. The summed E-state index contributed by atoms with van der Waals surface area (Å²) < 4.78 is 2.57. The lowest BCUT2D eigenvalue weighted by Crippen LogP contribution is -2.56. The first-order valence-electron chi connectivity index (χ1n) is 7.71. The van der Waals surface area contributed by atoms with Crippen LogP contribution >= 0.6 is 0 Å². The van der Waals surface area contributed by atoms with Crippen LogP contribution in [0.2, 0.25) is 0 Å². The van der Waals surface area contributed by atoms with Crippen molar-refractivity contribution in [3.8, 4) is 5.69 Å². The van der Waals surface area contributed by atoms with E-state index in [0.29, 0.717) is 0 Å². The Morgan fingerprint density at radius 1 is 1.08 bits per heavy atom. The number of rotatable bonds is 4. The minimum atomic E-state index is -1.77. The van der Waals surface area contributed by atoms with Crippen LogP contribution in [0.4, 0.5) is 0 Å². The van der Waals surface area contributed by atoms with Crippen molar-refractivity contribution in [3.05, 3.63) is 51.3 Å². The van der Waals surface area contributed by atoms with E-state index in [1.807, 2.05) is 0 Å². The summed E-state index contributed by atoms with van der Waals surface area (Å²) >= 11 is 0. The molecule has 0 bridgehead atoms. The summed E-state index contributed by atoms with van der Waals surface area (Å²) in [6.07, 6.45) is -6.49. The lowest BCUT2D eigenvalue weighted by molar-refractivity contribution is -0.123. The molecule has 1 aromatic heterocycles. The predicted molar refractivity (Wildman–Crippen MR) is 84.4 cm³/mol. The molecule has 0 aliphatic carbocycles. The van der Waals surface area contributed by atoms with Crippen molar-refractivity contribution in [2.45, 2.75) is 37.0 Å². The Kier molecular flexibility index (Phi) is 4.62. The number of hydrogen-bond acceptors (Lipinski definition) is 7. The van der Waals surface area contributed by atoms with Gasteiger partial charge in [0.25, 0.3) is 0 Å². The predicted octanol–water partition coefficient (Wildman–Crippen LogP) is -3.21. The third kappa shape index (κ3) is 2.73. The van der Waals surface area contributed by atoms with Gasteiger partial charge in [-0.2, -0.15) is 0 Å². The van der Waals surface area contributed by atoms with Crippen molar-refractivity contribution in [2.75, 3.05) is 6.61 Å². The molecule has 5 N–H and O–H groups in total. The second-order valence-corrected chi connectivity index (χ2v) is 5.95. The van der Waals surface area contributed by atoms with Crippen LogP contribution in [0.1, 0.15) is 6.04 Å². The first kappa shape index (κ1) is 17.6. The van der Waals surface area contributed by atoms with Gasteiger partial charge in [-0.25, -0.2) is 23.5 Å². The average Bonchev–Trinajstić information content (AvgIpc) is 2.86. The summed E-state index contributed by atoms with van der Waals surface area (Å²) in [6, 6.07) is 6.55. The maximum atomic E-state index is 12.8. The number of hydrogen-bond donors (Lipinski definition) is 5. The Morgan fingerprint density at radius 3 is 2.32 bits per heavy atom. The molecule has 5 atom stereocenters. The number of aliphatic hydroxyl groups is 5. The first-order valence-corrected chi connectivity index (χ1v) is 7.71. The van der Waals surface area contributed by atoms with Crippen LogP contribution in [0, 0.1) is 0 Å². The summed E-state index contributed by atoms with van der Waals surface area (Å²) in [5.41, 5.74) is -1.30. The Labute approximate surface area is 141 Å². The van der Waals surface area contributed by atoms with Crippen molar-refractivity contribution in [3.63, 3.8) is 0 Å². The van der Waals surface area contributed by atoms with Gasteiger partial charge in [0.1, 0.15) is 30.5 Å². The summed E-state index contributed by atoms with van der Waals surface area (Å²) in [5, 5.41) is 49.1. The zero-order chi connectivity index (χ0) is 18.3. The normalized spacial score (nSPS) is 25.4. The minimum Gasteiger partial charge on any atom is -0.394 e. The fourth-order valence-electron chi connectivity index (χ4n) is 3.09. The molecular weight excluding hydrogens is 334 g/mol. The molecule has 25 heavy (non-hydrogen) atoms. The van der Waals surface area contributed by atoms with E-state index in [0.717, 1.165) is 13.9 Å². The van der Waals surface area contributed by atoms with Crippen LogP contribution in [-0.4, -0.2) is 70.5 Å². The summed E-state index contributed by atoms with van der Waals surface area (Å²) in [4.78, 5) is 25.4. The Morgan fingerprint density at radius 2 is 1.72 bits per heavy atom. The molecule has 0 amide bonds. The molecule has 0 spiro atoms. The van der Waals surface area contributed by atoms with Gasteiger partial charge in [-0.3, -0.25) is 0 Å². The van der Waals surface area contributed by atoms with Gasteiger partial charge in [0.2, 0.25) is 0 Å². The van der Waals surface area contributed by atoms with Crippen LogP contribution < -0.4 is 11.4 Å². The molecule has 0 radical (unpaired) electrons. The Hall–Kier alpha value is -2.24. The van der Waals surface area contributed by atoms with E-state index in [9.17, 15) is 30.0 Å². The van der Waals surface area contributed by atoms with Crippen LogP contribution in [0.15, 0.2) is 39.9 Å². The number of aliphatic hydroxyl groups excluding tert-OH is 5. The number of aromatic nitrogens is 3. The monoisotopic (exact) mass is 353 g/mol. The Bertz CT molecular complexity index is 856. The first-order chi connectivity index (χ1) is 11.9. The zero-order valence-corrected chi connectivity index (χ0v) is 13.1. The molecule has 136 valence electrons. The van der Waals surface area contributed by atoms with E-state index in [4.69, 9.17) is 5.11 Å². The standard InChI is InChI=1S/C15H19N3O7/c19-7-10(21)13(23)11-12(22)9(20)6-16-14(24)17(15(25)18(11)16)8-4-2-1-3-5-8/h1-5,9-13,19-23H,6-7H2/t9-,10+,11-,12+,13+/m0/s1. The fraction of sp³-hybridized carbons (Fsp3) is 0.467. The third-order valence-corrected chi connectivity index (χ3v) is 4.39. The largest absolute Gasteiger partial charge is 0.394 e. The van der Waals surface area contributed by atoms with E-state index >= 15 is 0 Å². The second kappa shape index (κ2) is 6.58. The molecule has 0 fully saturated rings. The van der Waals surface area contributed by atoms with E-state index in [-0.39, 0.29) is 12.2 Å². The Balaban J connectivity index is 2.22. The van der Waals surface area contributed by atoms with Crippen molar-refractivity contribution >= 4 is 0 Å². The van der Waals surface area contributed by atoms with Crippen LogP contribution in [0.5, 0.6) is 0 Å². The molecule has 0 unspecified atom stereocenters. The molecule has 10 nitrogen and oxygen atoms in total. The van der Waals surface area contributed by atoms with Gasteiger partial charge in [-0.05, 0) is 12.1 Å². The smallest absolute Gasteiger partial charge is 0.352 e. The molecule has 1 aliphatic rings. The molecule has 2 aromatic rings. The molecule has 1 aromatic carbocycles. The van der Waals surface area contributed by atoms with Crippen LogP contribution in [0.3, 0.4) is 0 Å². The maximum Gasteiger partial charge on any atom is 0.352 e. The van der Waals surface area contributed by atoms with E-state index < -0.39 is 48.4 Å². The molecule has 0 saturated carbocycles. The molecule has 1 aliphatic heterocycles. The topological polar surface area (TPSA) is 150 Å². The van der Waals surface area contributed by atoms with E-state index in [1.165, 1.54) is 12.1 Å². The number of para-hydroxylation sites is 1. The van der Waals surface area contributed by atoms with Gasteiger partial charge in [-0.1, -0.05) is 18.2 Å². The highest BCUT2D eigenvalue weighted by atomic mass is 16.4. The number of benzene rings is 1. The zero-order valence-electron chi connectivity index (χ0n) is 13.1. The van der Waals surface area contributed by atoms with Gasteiger partial charge >= 0.3 is 11.4 Å². The highest BCUT2D eigenvalue weighted by Gasteiger charge is 2.44. The molecule has 0 saturated heterocycles. The lowest BCUT2D eigenvalue weighted by Gasteiger charge is -2.37. The average molecular weight is 353 g/mol. The quantitative estimate of drug-likeness (QED) is 0.388. The second-order valence-electron chi connectivity index (χ2n) is 5.95. The molecule has 2 heterocycles. The van der Waals surface area contributed by atoms with Crippen LogP contribution in [-0.2, 0) is 6.54 Å².